The van der Waals surface area contributed by atoms with Crippen LogP contribution < -0.4 is 19.9 Å². The monoisotopic (exact) mass is 340 g/mol. The van der Waals surface area contributed by atoms with Crippen molar-refractivity contribution in [3.63, 3.8) is 0 Å². The molecule has 8 nitrogen and oxygen atoms in total. The van der Waals surface area contributed by atoms with Crippen LogP contribution in [0, 0.1) is 0 Å². The van der Waals surface area contributed by atoms with E-state index >= 15 is 0 Å². The van der Waals surface area contributed by atoms with E-state index in [4.69, 9.17) is 15.2 Å². The number of nitrogens with two attached hydrogens (primary N) is 1. The molecule has 0 saturated carbocycles. The Bertz CT molecular complexity index is 802. The van der Waals surface area contributed by atoms with Crippen molar-refractivity contribution in [1.82, 2.24) is 14.9 Å². The van der Waals surface area contributed by atoms with Gasteiger partial charge in [-0.15, -0.1) is 0 Å². The van der Waals surface area contributed by atoms with Gasteiger partial charge in [-0.2, -0.15) is 5.10 Å². The van der Waals surface area contributed by atoms with Crippen LogP contribution in [0.3, 0.4) is 0 Å². The van der Waals surface area contributed by atoms with Crippen LogP contribution >= 0.6 is 0 Å². The van der Waals surface area contributed by atoms with Crippen LogP contribution in [0.5, 0.6) is 11.5 Å². The summed E-state index contributed by atoms with van der Waals surface area (Å²) in [6.45, 7) is 2.06. The minimum Gasteiger partial charge on any atom is -0.486 e. The molecule has 0 bridgehead atoms. The highest BCUT2D eigenvalue weighted by molar-refractivity contribution is 7.88. The Morgan fingerprint density at radius 1 is 1.52 bits per heavy atom. The molecule has 4 N–H and O–H groups in total. The maximum atomic E-state index is 11.6. The number of H-pyrrole nitrogens is 1. The van der Waals surface area contributed by atoms with Crippen molar-refractivity contribution in [2.45, 2.75) is 31.5 Å². The van der Waals surface area contributed by atoms with Crippen molar-refractivity contribution < 1.29 is 17.9 Å². The van der Waals surface area contributed by atoms with Crippen molar-refractivity contribution in [3.8, 4) is 11.5 Å². The molecule has 1 aliphatic rings. The molecule has 0 amide bonds. The normalized spacial score (nSPS) is 20.4. The van der Waals surface area contributed by atoms with Crippen LogP contribution in [0.15, 0.2) is 18.3 Å². The molecule has 0 spiro atoms. The van der Waals surface area contributed by atoms with Gasteiger partial charge in [-0.05, 0) is 25.5 Å². The lowest BCUT2D eigenvalue weighted by atomic mass is 10.0. The van der Waals surface area contributed by atoms with E-state index in [1.807, 2.05) is 19.1 Å². The summed E-state index contributed by atoms with van der Waals surface area (Å²) in [6.07, 6.45) is 2.77. The van der Waals surface area contributed by atoms with Crippen molar-refractivity contribution in [1.29, 1.82) is 0 Å². The number of sulfonamides is 1. The van der Waals surface area contributed by atoms with E-state index < -0.39 is 22.2 Å². The highest BCUT2D eigenvalue weighted by Gasteiger charge is 2.32. The highest BCUT2D eigenvalue weighted by Crippen LogP contribution is 2.38. The molecule has 0 fully saturated rings. The van der Waals surface area contributed by atoms with Crippen LogP contribution in [0.4, 0.5) is 0 Å². The fraction of sp³-hybridized carbons (Fsp3) is 0.500. The van der Waals surface area contributed by atoms with E-state index in [0.29, 0.717) is 17.9 Å². The number of rotatable bonds is 5. The van der Waals surface area contributed by atoms with Gasteiger partial charge in [0.15, 0.2) is 11.5 Å². The third kappa shape index (κ3) is 3.57. The van der Waals surface area contributed by atoms with Crippen molar-refractivity contribution in [2.75, 3.05) is 12.9 Å². The fourth-order valence-corrected chi connectivity index (χ4v) is 3.50. The number of aromatic amines is 1. The average Bonchev–Trinajstić information content (AvgIpc) is 2.93. The van der Waals surface area contributed by atoms with Gasteiger partial charge in [-0.3, -0.25) is 5.10 Å². The van der Waals surface area contributed by atoms with Gasteiger partial charge < -0.3 is 15.2 Å². The molecule has 3 rings (SSSR count). The summed E-state index contributed by atoms with van der Waals surface area (Å²) in [5.41, 5.74) is 6.57. The molecule has 1 aromatic heterocycles. The second kappa shape index (κ2) is 5.99. The molecule has 0 aliphatic carbocycles. The second-order valence-electron chi connectivity index (χ2n) is 5.90. The minimum atomic E-state index is -3.39. The second-order valence-corrected chi connectivity index (χ2v) is 7.68. The third-order valence-corrected chi connectivity index (χ3v) is 4.38. The van der Waals surface area contributed by atoms with Crippen molar-refractivity contribution in [2.24, 2.45) is 5.73 Å². The summed E-state index contributed by atoms with van der Waals surface area (Å²) in [4.78, 5) is 0. The van der Waals surface area contributed by atoms with Gasteiger partial charge in [0.05, 0.1) is 18.5 Å². The van der Waals surface area contributed by atoms with Crippen LogP contribution in [0.25, 0.3) is 10.9 Å². The molecular formula is C14H20N4O4S. The smallest absolute Gasteiger partial charge is 0.209 e. The molecule has 126 valence electrons. The Balaban J connectivity index is 1.89. The molecule has 3 unspecified atom stereocenters. The molecular weight excluding hydrogens is 320 g/mol. The van der Waals surface area contributed by atoms with E-state index in [1.54, 1.807) is 6.20 Å². The maximum Gasteiger partial charge on any atom is 0.209 e. The van der Waals surface area contributed by atoms with Crippen LogP contribution in [-0.2, 0) is 10.0 Å². The first-order chi connectivity index (χ1) is 10.8. The minimum absolute atomic E-state index is 0.179. The summed E-state index contributed by atoms with van der Waals surface area (Å²) in [5.74, 6) is 1.15. The van der Waals surface area contributed by atoms with Gasteiger partial charge >= 0.3 is 0 Å². The standard InChI is InChI=1S/C14H20N4O4S/c1-8(15)5-10(18-23(2,19)20)12-7-21-11-4-3-9-6-16-17-13(9)14(11)22-12/h3-4,6,8,10,12,18H,5,7,15H2,1-2H3,(H,16,17). The Labute approximate surface area is 134 Å². The predicted molar refractivity (Wildman–Crippen MR) is 86.0 cm³/mol. The largest absolute Gasteiger partial charge is 0.486 e. The fourth-order valence-electron chi connectivity index (χ4n) is 2.71. The number of hydrogen-bond donors (Lipinski definition) is 3. The van der Waals surface area contributed by atoms with Crippen molar-refractivity contribution >= 4 is 20.9 Å². The molecule has 0 radical (unpaired) electrons. The summed E-state index contributed by atoms with van der Waals surface area (Å²) in [6, 6.07) is 3.04. The highest BCUT2D eigenvalue weighted by atomic mass is 32.2. The number of nitrogens with one attached hydrogen (secondary N) is 2. The molecule has 0 saturated heterocycles. The zero-order valence-electron chi connectivity index (χ0n) is 12.9. The van der Waals surface area contributed by atoms with Gasteiger partial charge in [0, 0.05) is 11.4 Å². The molecule has 2 aromatic rings. The zero-order chi connectivity index (χ0) is 16.6. The van der Waals surface area contributed by atoms with E-state index in [-0.39, 0.29) is 12.6 Å². The molecule has 1 aromatic carbocycles. The number of nitrogens with zero attached hydrogens (tertiary/aromatic N) is 1. The van der Waals surface area contributed by atoms with E-state index in [0.717, 1.165) is 17.2 Å². The van der Waals surface area contributed by atoms with E-state index in [2.05, 4.69) is 14.9 Å². The SMILES string of the molecule is CC(N)CC(NS(C)(=O)=O)C1COc2ccc3cn[nH]c3c2O1. The van der Waals surface area contributed by atoms with Gasteiger partial charge in [0.2, 0.25) is 10.0 Å². The molecule has 1 aliphatic heterocycles. The number of ether oxygens (including phenoxy) is 2. The molecule has 9 heteroatoms. The van der Waals surface area contributed by atoms with Crippen LogP contribution in [0.2, 0.25) is 0 Å². The number of hydrogen-bond acceptors (Lipinski definition) is 6. The van der Waals surface area contributed by atoms with Gasteiger partial charge in [-0.1, -0.05) is 0 Å². The Morgan fingerprint density at radius 3 is 3.00 bits per heavy atom. The predicted octanol–water partition coefficient (Wildman–Crippen LogP) is 0.358. The average molecular weight is 340 g/mol. The number of benzene rings is 1. The summed E-state index contributed by atoms with van der Waals surface area (Å²) >= 11 is 0. The maximum absolute atomic E-state index is 11.6. The summed E-state index contributed by atoms with van der Waals surface area (Å²) in [7, 11) is -3.39. The first-order valence-corrected chi connectivity index (χ1v) is 9.21. The van der Waals surface area contributed by atoms with E-state index in [1.165, 1.54) is 0 Å². The first-order valence-electron chi connectivity index (χ1n) is 7.32. The Kier molecular flexibility index (Phi) is 4.17. The third-order valence-electron chi connectivity index (χ3n) is 3.65. The Hall–Kier alpha value is -1.84. The lowest BCUT2D eigenvalue weighted by Crippen LogP contribution is -2.51. The molecule has 2 heterocycles. The topological polar surface area (TPSA) is 119 Å². The van der Waals surface area contributed by atoms with Gasteiger partial charge in [0.1, 0.15) is 18.2 Å². The lowest BCUT2D eigenvalue weighted by molar-refractivity contribution is 0.0660. The Morgan fingerprint density at radius 2 is 2.30 bits per heavy atom. The van der Waals surface area contributed by atoms with Crippen molar-refractivity contribution in [3.05, 3.63) is 18.3 Å². The zero-order valence-corrected chi connectivity index (χ0v) is 13.8. The molecule has 3 atom stereocenters. The quantitative estimate of drug-likeness (QED) is 0.723. The van der Waals surface area contributed by atoms with Crippen LogP contribution in [-0.4, -0.2) is 49.7 Å². The van der Waals surface area contributed by atoms with Gasteiger partial charge in [0.25, 0.3) is 0 Å². The van der Waals surface area contributed by atoms with E-state index in [9.17, 15) is 8.42 Å². The lowest BCUT2D eigenvalue weighted by Gasteiger charge is -2.33. The number of fused-ring (bicyclic) bond motifs is 3. The first kappa shape index (κ1) is 16.0. The summed E-state index contributed by atoms with van der Waals surface area (Å²) < 4.78 is 37.6. The summed E-state index contributed by atoms with van der Waals surface area (Å²) in [5, 5.41) is 7.77. The van der Waals surface area contributed by atoms with Gasteiger partial charge in [-0.25, -0.2) is 13.1 Å². The van der Waals surface area contributed by atoms with Crippen LogP contribution in [0.1, 0.15) is 13.3 Å². The number of aromatic nitrogens is 2. The molecule has 23 heavy (non-hydrogen) atoms.